The molecule has 7 nitrogen and oxygen atoms in total. The Morgan fingerprint density at radius 1 is 1.14 bits per heavy atom. The molecule has 152 valence electrons. The smallest absolute Gasteiger partial charge is 0.459 e. The van der Waals surface area contributed by atoms with Crippen molar-refractivity contribution in [3.8, 4) is 11.8 Å². The van der Waals surface area contributed by atoms with Crippen LogP contribution < -0.4 is 9.47 Å². The molecule has 12 heteroatoms. The lowest BCUT2D eigenvalue weighted by Gasteiger charge is -2.31. The van der Waals surface area contributed by atoms with E-state index in [1.54, 1.807) is 0 Å². The van der Waals surface area contributed by atoms with E-state index in [1.807, 2.05) is 0 Å². The second-order valence-corrected chi connectivity index (χ2v) is 8.80. The molecule has 0 amide bonds. The number of sulfonamides is 1. The topological polar surface area (TPSA) is 81.6 Å². The van der Waals surface area contributed by atoms with Crippen LogP contribution in [0.15, 0.2) is 46.0 Å². The normalized spacial score (nSPS) is 18.6. The monoisotopic (exact) mass is 481 g/mol. The summed E-state index contributed by atoms with van der Waals surface area (Å²) in [5.41, 5.74) is 0. The van der Waals surface area contributed by atoms with E-state index in [4.69, 9.17) is 4.74 Å². The van der Waals surface area contributed by atoms with Crippen LogP contribution in [0.5, 0.6) is 11.8 Å². The first-order valence-electron chi connectivity index (χ1n) is 8.14. The van der Waals surface area contributed by atoms with E-state index in [0.717, 1.165) is 24.3 Å². The first-order valence-corrected chi connectivity index (χ1v) is 10.4. The van der Waals surface area contributed by atoms with Crippen molar-refractivity contribution in [1.29, 1.82) is 0 Å². The van der Waals surface area contributed by atoms with Crippen molar-refractivity contribution in [2.24, 2.45) is 0 Å². The Balaban J connectivity index is 1.69. The molecule has 0 radical (unpaired) electrons. The zero-order valence-electron chi connectivity index (χ0n) is 14.3. The summed E-state index contributed by atoms with van der Waals surface area (Å²) in [6.07, 6.45) is -1.04. The van der Waals surface area contributed by atoms with E-state index >= 15 is 0 Å². The van der Waals surface area contributed by atoms with Crippen molar-refractivity contribution in [1.82, 2.24) is 14.3 Å². The molecule has 2 heterocycles. The highest BCUT2D eigenvalue weighted by atomic mass is 79.9. The zero-order chi connectivity index (χ0) is 20.4. The molecule has 0 aliphatic carbocycles. The van der Waals surface area contributed by atoms with E-state index in [2.05, 4.69) is 30.6 Å². The van der Waals surface area contributed by atoms with Gasteiger partial charge in [-0.15, -0.1) is 13.2 Å². The molecule has 1 saturated heterocycles. The Bertz CT molecular complexity index is 908. The summed E-state index contributed by atoms with van der Waals surface area (Å²) in [6, 6.07) is 4.24. The average Bonchev–Trinajstić information content (AvgIpc) is 2.63. The predicted octanol–water partition coefficient (Wildman–Crippen LogP) is 3.37. The Kier molecular flexibility index (Phi) is 6.10. The molecule has 0 bridgehead atoms. The highest BCUT2D eigenvalue weighted by molar-refractivity contribution is 9.10. The second-order valence-electron chi connectivity index (χ2n) is 5.95. The van der Waals surface area contributed by atoms with Gasteiger partial charge in [0.15, 0.2) is 0 Å². The summed E-state index contributed by atoms with van der Waals surface area (Å²) in [7, 11) is -3.89. The van der Waals surface area contributed by atoms with Gasteiger partial charge in [-0.25, -0.2) is 18.4 Å². The number of nitrogens with zero attached hydrogens (tertiary/aromatic N) is 3. The van der Waals surface area contributed by atoms with Gasteiger partial charge in [0.2, 0.25) is 10.0 Å². The largest absolute Gasteiger partial charge is 0.573 e. The number of hydrogen-bond acceptors (Lipinski definition) is 6. The van der Waals surface area contributed by atoms with Crippen LogP contribution >= 0.6 is 15.9 Å². The SMILES string of the molecule is O=S(=O)(c1ccc(OC(F)(F)F)cc1)N1CCCC(Oc2ncc(Br)cn2)C1. The molecule has 2 aromatic rings. The molecule has 1 aromatic heterocycles. The third-order valence-corrected chi connectivity index (χ3v) is 6.19. The Morgan fingerprint density at radius 3 is 2.39 bits per heavy atom. The zero-order valence-corrected chi connectivity index (χ0v) is 16.7. The van der Waals surface area contributed by atoms with E-state index in [9.17, 15) is 21.6 Å². The van der Waals surface area contributed by atoms with Crippen LogP contribution in [0.25, 0.3) is 0 Å². The first-order chi connectivity index (χ1) is 13.1. The maximum atomic E-state index is 12.8. The van der Waals surface area contributed by atoms with Gasteiger partial charge in [-0.05, 0) is 53.0 Å². The molecule has 0 N–H and O–H groups in total. The fraction of sp³-hybridized carbons (Fsp3) is 0.375. The third kappa shape index (κ3) is 5.32. The fourth-order valence-electron chi connectivity index (χ4n) is 2.69. The molecule has 0 spiro atoms. The number of benzene rings is 1. The molecule has 0 saturated carbocycles. The number of rotatable bonds is 5. The molecule has 1 atom stereocenters. The number of aromatic nitrogens is 2. The number of hydrogen-bond donors (Lipinski definition) is 0. The van der Waals surface area contributed by atoms with E-state index in [1.165, 1.54) is 16.7 Å². The van der Waals surface area contributed by atoms with Crippen LogP contribution in [0.2, 0.25) is 0 Å². The average molecular weight is 482 g/mol. The van der Waals surface area contributed by atoms with Gasteiger partial charge in [0.05, 0.1) is 15.9 Å². The molecule has 1 aliphatic rings. The number of piperidine rings is 1. The Morgan fingerprint density at radius 2 is 1.79 bits per heavy atom. The van der Waals surface area contributed by atoms with Crippen molar-refractivity contribution in [3.05, 3.63) is 41.1 Å². The van der Waals surface area contributed by atoms with Crippen LogP contribution in [-0.2, 0) is 10.0 Å². The summed E-state index contributed by atoms with van der Waals surface area (Å²) >= 11 is 3.21. The van der Waals surface area contributed by atoms with Gasteiger partial charge in [0.25, 0.3) is 0 Å². The lowest BCUT2D eigenvalue weighted by atomic mass is 10.1. The Hall–Kier alpha value is -1.92. The van der Waals surface area contributed by atoms with Crippen molar-refractivity contribution in [2.75, 3.05) is 13.1 Å². The minimum Gasteiger partial charge on any atom is -0.459 e. The van der Waals surface area contributed by atoms with Crippen LogP contribution in [0.1, 0.15) is 12.8 Å². The molecule has 1 aliphatic heterocycles. The highest BCUT2D eigenvalue weighted by Crippen LogP contribution is 2.27. The van der Waals surface area contributed by atoms with Gasteiger partial charge in [-0.1, -0.05) is 0 Å². The van der Waals surface area contributed by atoms with E-state index in [0.29, 0.717) is 17.3 Å². The van der Waals surface area contributed by atoms with Crippen LogP contribution in [0.3, 0.4) is 0 Å². The quantitative estimate of drug-likeness (QED) is 0.651. The summed E-state index contributed by atoms with van der Waals surface area (Å²) < 4.78 is 73.6. The van der Waals surface area contributed by atoms with Crippen molar-refractivity contribution >= 4 is 26.0 Å². The summed E-state index contributed by atoms with van der Waals surface area (Å²) in [5, 5.41) is 0. The summed E-state index contributed by atoms with van der Waals surface area (Å²) in [5.74, 6) is -0.487. The maximum absolute atomic E-state index is 12.8. The number of halogens is 4. The lowest BCUT2D eigenvalue weighted by molar-refractivity contribution is -0.274. The second kappa shape index (κ2) is 8.21. The molecule has 1 fully saturated rings. The third-order valence-electron chi connectivity index (χ3n) is 3.90. The Labute approximate surface area is 167 Å². The number of ether oxygens (including phenoxy) is 2. The first kappa shape index (κ1) is 20.8. The lowest BCUT2D eigenvalue weighted by Crippen LogP contribution is -2.44. The van der Waals surface area contributed by atoms with E-state index in [-0.39, 0.29) is 24.0 Å². The van der Waals surface area contributed by atoms with Gasteiger partial charge in [0, 0.05) is 18.9 Å². The maximum Gasteiger partial charge on any atom is 0.573 e. The number of alkyl halides is 3. The fourth-order valence-corrected chi connectivity index (χ4v) is 4.41. The van der Waals surface area contributed by atoms with Gasteiger partial charge < -0.3 is 9.47 Å². The molecule has 1 unspecified atom stereocenters. The predicted molar refractivity (Wildman–Crippen MR) is 95.3 cm³/mol. The van der Waals surface area contributed by atoms with Crippen molar-refractivity contribution < 1.29 is 31.1 Å². The van der Waals surface area contributed by atoms with Gasteiger partial charge in [-0.2, -0.15) is 4.31 Å². The minimum atomic E-state index is -4.84. The van der Waals surface area contributed by atoms with E-state index < -0.39 is 28.2 Å². The summed E-state index contributed by atoms with van der Waals surface area (Å²) in [6.45, 7) is 0.368. The van der Waals surface area contributed by atoms with Crippen LogP contribution in [0.4, 0.5) is 13.2 Å². The van der Waals surface area contributed by atoms with Gasteiger partial charge >= 0.3 is 12.4 Å². The molecule has 28 heavy (non-hydrogen) atoms. The van der Waals surface area contributed by atoms with Gasteiger partial charge in [-0.3, -0.25) is 0 Å². The van der Waals surface area contributed by atoms with Crippen molar-refractivity contribution in [3.63, 3.8) is 0 Å². The molecular formula is C16H15BrF3N3O4S. The standard InChI is InChI=1S/C16H15BrF3N3O4S/c17-11-8-21-15(22-9-11)26-13-2-1-7-23(10-13)28(24,25)14-5-3-12(4-6-14)27-16(18,19)20/h3-6,8-9,13H,1-2,7,10H2. The van der Waals surface area contributed by atoms with Gasteiger partial charge in [0.1, 0.15) is 11.9 Å². The molecule has 3 rings (SSSR count). The van der Waals surface area contributed by atoms with Crippen LogP contribution in [-0.4, -0.2) is 48.2 Å². The van der Waals surface area contributed by atoms with Crippen LogP contribution in [0, 0.1) is 0 Å². The minimum absolute atomic E-state index is 0.0859. The molecular weight excluding hydrogens is 467 g/mol. The van der Waals surface area contributed by atoms with Crippen molar-refractivity contribution in [2.45, 2.75) is 30.2 Å². The summed E-state index contributed by atoms with van der Waals surface area (Å²) in [4.78, 5) is 7.88. The highest BCUT2D eigenvalue weighted by Gasteiger charge is 2.33. The molecule has 1 aromatic carbocycles.